The summed E-state index contributed by atoms with van der Waals surface area (Å²) in [6.45, 7) is 7.00. The van der Waals surface area contributed by atoms with Gasteiger partial charge in [-0.3, -0.25) is 4.90 Å². The molecule has 1 heterocycles. The van der Waals surface area contributed by atoms with Crippen LogP contribution in [0.2, 0.25) is 0 Å². The Morgan fingerprint density at radius 3 is 2.26 bits per heavy atom. The zero-order valence-electron chi connectivity index (χ0n) is 11.6. The van der Waals surface area contributed by atoms with E-state index >= 15 is 0 Å². The number of likely N-dealkylation sites (tertiary alicyclic amines) is 1. The van der Waals surface area contributed by atoms with Gasteiger partial charge in [-0.2, -0.15) is 0 Å². The third-order valence-corrected chi connectivity index (χ3v) is 3.30. The number of benzene rings is 1. The Bertz CT molecular complexity index is 365. The van der Waals surface area contributed by atoms with Gasteiger partial charge in [0.15, 0.2) is 0 Å². The molecule has 0 unspecified atom stereocenters. The Balaban J connectivity index is 0.00000162. The van der Waals surface area contributed by atoms with Gasteiger partial charge in [-0.1, -0.05) is 30.3 Å². The van der Waals surface area contributed by atoms with Crippen LogP contribution in [0, 0.1) is 0 Å². The van der Waals surface area contributed by atoms with Crippen molar-refractivity contribution in [3.05, 3.63) is 35.9 Å². The fourth-order valence-electron chi connectivity index (χ4n) is 2.67. The molecule has 0 aromatic heterocycles. The Labute approximate surface area is 128 Å². The van der Waals surface area contributed by atoms with Gasteiger partial charge in [0.25, 0.3) is 0 Å². The standard InChI is InChI=1S/C14H23N3.2ClH/c1-14(2,16)10-17-8-12(13(15)9-17)11-6-4-3-5-7-11;;/h3-7,12-13H,8-10,15-16H2,1-2H3;2*1H/t12-,13+;;/m0../s1. The Morgan fingerprint density at radius 2 is 1.74 bits per heavy atom. The van der Waals surface area contributed by atoms with Crippen molar-refractivity contribution in [2.24, 2.45) is 11.5 Å². The summed E-state index contributed by atoms with van der Waals surface area (Å²) >= 11 is 0. The molecular formula is C14H25Cl2N3. The lowest BCUT2D eigenvalue weighted by atomic mass is 9.95. The lowest BCUT2D eigenvalue weighted by Gasteiger charge is -2.26. The predicted molar refractivity (Wildman–Crippen MR) is 86.4 cm³/mol. The summed E-state index contributed by atoms with van der Waals surface area (Å²) in [6, 6.07) is 10.8. The minimum atomic E-state index is -0.148. The summed E-state index contributed by atoms with van der Waals surface area (Å²) in [5.41, 5.74) is 13.5. The second-order valence-electron chi connectivity index (χ2n) is 5.86. The number of halogens is 2. The number of rotatable bonds is 3. The Morgan fingerprint density at radius 1 is 1.16 bits per heavy atom. The van der Waals surface area contributed by atoms with Gasteiger partial charge in [-0.15, -0.1) is 24.8 Å². The van der Waals surface area contributed by atoms with Crippen molar-refractivity contribution >= 4 is 24.8 Å². The van der Waals surface area contributed by atoms with Gasteiger partial charge in [0.2, 0.25) is 0 Å². The van der Waals surface area contributed by atoms with E-state index in [-0.39, 0.29) is 36.4 Å². The molecule has 1 saturated heterocycles. The molecule has 1 aromatic rings. The zero-order chi connectivity index (χ0) is 12.5. The Hall–Kier alpha value is -0.320. The summed E-state index contributed by atoms with van der Waals surface area (Å²) in [7, 11) is 0. The molecule has 1 aliphatic heterocycles. The second kappa shape index (κ2) is 7.46. The molecule has 0 spiro atoms. The van der Waals surface area contributed by atoms with Gasteiger partial charge in [-0.05, 0) is 19.4 Å². The van der Waals surface area contributed by atoms with Gasteiger partial charge >= 0.3 is 0 Å². The van der Waals surface area contributed by atoms with Crippen LogP contribution in [0.3, 0.4) is 0 Å². The van der Waals surface area contributed by atoms with E-state index in [0.717, 1.165) is 19.6 Å². The van der Waals surface area contributed by atoms with Crippen LogP contribution in [0.5, 0.6) is 0 Å². The summed E-state index contributed by atoms with van der Waals surface area (Å²) in [4.78, 5) is 2.38. The van der Waals surface area contributed by atoms with Crippen LogP contribution in [0.25, 0.3) is 0 Å². The summed E-state index contributed by atoms with van der Waals surface area (Å²) in [5, 5.41) is 0. The minimum Gasteiger partial charge on any atom is -0.326 e. The van der Waals surface area contributed by atoms with Gasteiger partial charge in [0, 0.05) is 37.1 Å². The third kappa shape index (κ3) is 5.28. The van der Waals surface area contributed by atoms with E-state index in [2.05, 4.69) is 43.0 Å². The second-order valence-corrected chi connectivity index (χ2v) is 5.86. The molecule has 0 saturated carbocycles. The van der Waals surface area contributed by atoms with Crippen molar-refractivity contribution in [1.82, 2.24) is 4.90 Å². The van der Waals surface area contributed by atoms with E-state index in [1.165, 1.54) is 5.56 Å². The SMILES string of the molecule is CC(C)(N)CN1C[C@@H](N)[C@H](c2ccccc2)C1.Cl.Cl. The highest BCUT2D eigenvalue weighted by molar-refractivity contribution is 5.85. The van der Waals surface area contributed by atoms with Crippen molar-refractivity contribution in [2.45, 2.75) is 31.3 Å². The van der Waals surface area contributed by atoms with Crippen LogP contribution in [0.1, 0.15) is 25.3 Å². The van der Waals surface area contributed by atoms with E-state index in [9.17, 15) is 0 Å². The van der Waals surface area contributed by atoms with Crippen LogP contribution < -0.4 is 11.5 Å². The van der Waals surface area contributed by atoms with Gasteiger partial charge in [0.05, 0.1) is 0 Å². The number of nitrogens with zero attached hydrogens (tertiary/aromatic N) is 1. The van der Waals surface area contributed by atoms with E-state index in [1.807, 2.05) is 6.07 Å². The first-order valence-corrected chi connectivity index (χ1v) is 6.27. The molecule has 0 radical (unpaired) electrons. The fraction of sp³-hybridized carbons (Fsp3) is 0.571. The molecule has 5 heteroatoms. The molecule has 1 aliphatic rings. The highest BCUT2D eigenvalue weighted by Gasteiger charge is 2.32. The first kappa shape index (κ1) is 18.7. The van der Waals surface area contributed by atoms with E-state index in [4.69, 9.17) is 11.5 Å². The van der Waals surface area contributed by atoms with Crippen LogP contribution in [0.4, 0.5) is 0 Å². The average molecular weight is 306 g/mol. The number of hydrogen-bond acceptors (Lipinski definition) is 3. The maximum atomic E-state index is 6.24. The van der Waals surface area contributed by atoms with Crippen molar-refractivity contribution < 1.29 is 0 Å². The summed E-state index contributed by atoms with van der Waals surface area (Å²) in [5.74, 6) is 0.443. The van der Waals surface area contributed by atoms with Gasteiger partial charge in [-0.25, -0.2) is 0 Å². The maximum Gasteiger partial charge on any atom is 0.0249 e. The molecule has 2 atom stereocenters. The van der Waals surface area contributed by atoms with E-state index < -0.39 is 0 Å². The van der Waals surface area contributed by atoms with Crippen LogP contribution in [0.15, 0.2) is 30.3 Å². The smallest absolute Gasteiger partial charge is 0.0249 e. The molecule has 2 rings (SSSR count). The maximum absolute atomic E-state index is 6.24. The van der Waals surface area contributed by atoms with Gasteiger partial charge in [0.1, 0.15) is 0 Å². The topological polar surface area (TPSA) is 55.3 Å². The van der Waals surface area contributed by atoms with Crippen molar-refractivity contribution in [3.8, 4) is 0 Å². The predicted octanol–water partition coefficient (Wildman–Crippen LogP) is 1.99. The molecule has 1 aromatic carbocycles. The normalized spacial score (nSPS) is 23.6. The van der Waals surface area contributed by atoms with Crippen molar-refractivity contribution in [2.75, 3.05) is 19.6 Å². The molecule has 110 valence electrons. The zero-order valence-corrected chi connectivity index (χ0v) is 13.2. The number of nitrogens with two attached hydrogens (primary N) is 2. The molecular weight excluding hydrogens is 281 g/mol. The third-order valence-electron chi connectivity index (χ3n) is 3.30. The highest BCUT2D eigenvalue weighted by Crippen LogP contribution is 2.26. The monoisotopic (exact) mass is 305 g/mol. The minimum absolute atomic E-state index is 0. The molecule has 0 amide bonds. The summed E-state index contributed by atoms with van der Waals surface area (Å²) in [6.07, 6.45) is 0. The summed E-state index contributed by atoms with van der Waals surface area (Å²) < 4.78 is 0. The number of hydrogen-bond donors (Lipinski definition) is 2. The first-order valence-electron chi connectivity index (χ1n) is 6.27. The van der Waals surface area contributed by atoms with Crippen molar-refractivity contribution in [1.29, 1.82) is 0 Å². The fourth-order valence-corrected chi connectivity index (χ4v) is 2.67. The molecule has 1 fully saturated rings. The van der Waals surface area contributed by atoms with E-state index in [1.54, 1.807) is 0 Å². The largest absolute Gasteiger partial charge is 0.326 e. The molecule has 0 aliphatic carbocycles. The lowest BCUT2D eigenvalue weighted by Crippen LogP contribution is -2.45. The van der Waals surface area contributed by atoms with Gasteiger partial charge < -0.3 is 11.5 Å². The molecule has 4 N–H and O–H groups in total. The quantitative estimate of drug-likeness (QED) is 0.898. The van der Waals surface area contributed by atoms with E-state index in [0.29, 0.717) is 5.92 Å². The lowest BCUT2D eigenvalue weighted by molar-refractivity contribution is 0.267. The molecule has 3 nitrogen and oxygen atoms in total. The molecule has 19 heavy (non-hydrogen) atoms. The average Bonchev–Trinajstić information content (AvgIpc) is 2.58. The van der Waals surface area contributed by atoms with Crippen LogP contribution in [-0.4, -0.2) is 36.1 Å². The molecule has 0 bridgehead atoms. The Kier molecular flexibility index (Phi) is 7.33. The highest BCUT2D eigenvalue weighted by atomic mass is 35.5. The first-order chi connectivity index (χ1) is 7.96. The van der Waals surface area contributed by atoms with Crippen LogP contribution in [-0.2, 0) is 0 Å². The van der Waals surface area contributed by atoms with Crippen molar-refractivity contribution in [3.63, 3.8) is 0 Å². The van der Waals surface area contributed by atoms with Crippen LogP contribution >= 0.6 is 24.8 Å².